The summed E-state index contributed by atoms with van der Waals surface area (Å²) in [6.45, 7) is 3.38. The van der Waals surface area contributed by atoms with Gasteiger partial charge in [-0.15, -0.1) is 0 Å². The van der Waals surface area contributed by atoms with Gasteiger partial charge in [0.25, 0.3) is 0 Å². The van der Waals surface area contributed by atoms with Crippen molar-refractivity contribution in [2.24, 2.45) is 4.99 Å². The highest BCUT2D eigenvalue weighted by atomic mass is 16.3. The summed E-state index contributed by atoms with van der Waals surface area (Å²) < 4.78 is 0. The Morgan fingerprint density at radius 2 is 2.33 bits per heavy atom. The van der Waals surface area contributed by atoms with Crippen molar-refractivity contribution in [2.75, 3.05) is 0 Å². The fraction of sp³-hybridized carbons (Fsp3) is 0.750. The molecular formula is C4H9NO. The molecule has 0 fully saturated rings. The zero-order chi connectivity index (χ0) is 4.99. The fourth-order valence-corrected chi connectivity index (χ4v) is 0.216. The normalized spacial score (nSPS) is 15.8. The van der Waals surface area contributed by atoms with Gasteiger partial charge in [0.1, 0.15) is 6.23 Å². The molecule has 2 heteroatoms. The quantitative estimate of drug-likeness (QED) is 0.462. The van der Waals surface area contributed by atoms with E-state index in [4.69, 9.17) is 5.11 Å². The predicted octanol–water partition coefficient (Wildman–Crippen LogP) is 0.415. The molecule has 2 nitrogen and oxygen atoms in total. The molecule has 0 aliphatic heterocycles. The van der Waals surface area contributed by atoms with Crippen LogP contribution >= 0.6 is 0 Å². The third-order valence-electron chi connectivity index (χ3n) is 0.365. The third kappa shape index (κ3) is 3.63. The SMILES string of the molecule is C/C=N/C(C)O. The molecule has 0 aromatic heterocycles. The van der Waals surface area contributed by atoms with Crippen molar-refractivity contribution in [3.63, 3.8) is 0 Å². The molecule has 0 saturated heterocycles. The molecule has 0 aromatic rings. The highest BCUT2D eigenvalue weighted by Gasteiger charge is 1.78. The van der Waals surface area contributed by atoms with E-state index >= 15 is 0 Å². The fourth-order valence-electron chi connectivity index (χ4n) is 0.216. The van der Waals surface area contributed by atoms with Gasteiger partial charge in [0, 0.05) is 0 Å². The van der Waals surface area contributed by atoms with E-state index in [1.165, 1.54) is 0 Å². The minimum atomic E-state index is -0.532. The number of aliphatic imine (C=N–C) groups is 1. The molecule has 6 heavy (non-hydrogen) atoms. The zero-order valence-corrected chi connectivity index (χ0v) is 4.05. The number of aliphatic hydroxyl groups is 1. The van der Waals surface area contributed by atoms with Gasteiger partial charge in [0.15, 0.2) is 0 Å². The van der Waals surface area contributed by atoms with Crippen molar-refractivity contribution in [1.29, 1.82) is 0 Å². The van der Waals surface area contributed by atoms with Gasteiger partial charge >= 0.3 is 0 Å². The Kier molecular flexibility index (Phi) is 2.67. The lowest BCUT2D eigenvalue weighted by molar-refractivity contribution is 0.206. The summed E-state index contributed by atoms with van der Waals surface area (Å²) in [5.41, 5.74) is 0. The topological polar surface area (TPSA) is 32.6 Å². The van der Waals surface area contributed by atoms with E-state index in [-0.39, 0.29) is 0 Å². The zero-order valence-electron chi connectivity index (χ0n) is 4.05. The van der Waals surface area contributed by atoms with Crippen LogP contribution in [0.2, 0.25) is 0 Å². The highest BCUT2D eigenvalue weighted by molar-refractivity contribution is 5.53. The second-order valence-corrected chi connectivity index (χ2v) is 1.04. The first kappa shape index (κ1) is 5.63. The van der Waals surface area contributed by atoms with Crippen molar-refractivity contribution < 1.29 is 5.11 Å². The molecule has 0 aromatic carbocycles. The lowest BCUT2D eigenvalue weighted by Crippen LogP contribution is -1.91. The summed E-state index contributed by atoms with van der Waals surface area (Å²) in [5.74, 6) is 0. The standard InChI is InChI=1S/C4H9NO/c1-3-5-4(2)6/h3-4,6H,1-2H3/b5-3+. The highest BCUT2D eigenvalue weighted by Crippen LogP contribution is 1.75. The van der Waals surface area contributed by atoms with Crippen molar-refractivity contribution >= 4 is 6.21 Å². The van der Waals surface area contributed by atoms with Gasteiger partial charge < -0.3 is 5.11 Å². The smallest absolute Gasteiger partial charge is 0.141 e. The number of aliphatic hydroxyl groups excluding tert-OH is 1. The Bertz CT molecular complexity index is 49.5. The van der Waals surface area contributed by atoms with Gasteiger partial charge in [-0.3, -0.25) is 4.99 Å². The Hall–Kier alpha value is -0.370. The van der Waals surface area contributed by atoms with E-state index in [0.717, 1.165) is 0 Å². The van der Waals surface area contributed by atoms with Crippen molar-refractivity contribution in [2.45, 2.75) is 20.1 Å². The molecule has 0 spiro atoms. The van der Waals surface area contributed by atoms with Crippen LogP contribution in [0.15, 0.2) is 4.99 Å². The molecule has 0 bridgehead atoms. The molecule has 0 aliphatic carbocycles. The first-order chi connectivity index (χ1) is 2.77. The molecule has 1 unspecified atom stereocenters. The van der Waals surface area contributed by atoms with Gasteiger partial charge in [-0.1, -0.05) is 0 Å². The van der Waals surface area contributed by atoms with Crippen molar-refractivity contribution in [3.05, 3.63) is 0 Å². The van der Waals surface area contributed by atoms with Crippen LogP contribution in [0, 0.1) is 0 Å². The summed E-state index contributed by atoms with van der Waals surface area (Å²) in [4.78, 5) is 3.56. The average Bonchev–Trinajstić information content (AvgIpc) is 1.35. The maximum Gasteiger partial charge on any atom is 0.141 e. The molecule has 0 saturated carbocycles. The lowest BCUT2D eigenvalue weighted by atomic mass is 10.7. The van der Waals surface area contributed by atoms with Gasteiger partial charge in [0.2, 0.25) is 0 Å². The van der Waals surface area contributed by atoms with Crippen molar-refractivity contribution in [3.8, 4) is 0 Å². The van der Waals surface area contributed by atoms with Gasteiger partial charge in [-0.05, 0) is 20.1 Å². The molecular weight excluding hydrogens is 78.0 g/mol. The average molecular weight is 87.1 g/mol. The van der Waals surface area contributed by atoms with E-state index in [1.54, 1.807) is 20.1 Å². The van der Waals surface area contributed by atoms with Gasteiger partial charge in [-0.25, -0.2) is 0 Å². The molecule has 1 atom stereocenters. The summed E-state index contributed by atoms with van der Waals surface area (Å²) >= 11 is 0. The third-order valence-corrected chi connectivity index (χ3v) is 0.365. The van der Waals surface area contributed by atoms with Gasteiger partial charge in [-0.2, -0.15) is 0 Å². The summed E-state index contributed by atoms with van der Waals surface area (Å²) in [7, 11) is 0. The maximum atomic E-state index is 8.35. The van der Waals surface area contributed by atoms with E-state index in [2.05, 4.69) is 4.99 Å². The van der Waals surface area contributed by atoms with E-state index < -0.39 is 6.23 Å². The van der Waals surface area contributed by atoms with Gasteiger partial charge in [0.05, 0.1) is 0 Å². The van der Waals surface area contributed by atoms with Crippen LogP contribution in [0.3, 0.4) is 0 Å². The van der Waals surface area contributed by atoms with Crippen LogP contribution in [0.25, 0.3) is 0 Å². The summed E-state index contributed by atoms with van der Waals surface area (Å²) in [6.07, 6.45) is 1.04. The van der Waals surface area contributed by atoms with Crippen LogP contribution in [-0.2, 0) is 0 Å². The summed E-state index contributed by atoms with van der Waals surface area (Å²) in [6, 6.07) is 0. The van der Waals surface area contributed by atoms with Crippen LogP contribution < -0.4 is 0 Å². The number of hydrogen-bond donors (Lipinski definition) is 1. The molecule has 0 radical (unpaired) electrons. The van der Waals surface area contributed by atoms with Crippen LogP contribution in [0.4, 0.5) is 0 Å². The second kappa shape index (κ2) is 2.85. The molecule has 1 N–H and O–H groups in total. The lowest BCUT2D eigenvalue weighted by Gasteiger charge is -1.87. The van der Waals surface area contributed by atoms with Crippen molar-refractivity contribution in [1.82, 2.24) is 0 Å². The Balaban J connectivity index is 3.03. The molecule has 0 heterocycles. The Labute approximate surface area is 37.5 Å². The molecule has 0 aliphatic rings. The van der Waals surface area contributed by atoms with E-state index in [0.29, 0.717) is 0 Å². The first-order valence-electron chi connectivity index (χ1n) is 1.93. The Morgan fingerprint density at radius 1 is 1.83 bits per heavy atom. The largest absolute Gasteiger partial charge is 0.372 e. The molecule has 0 amide bonds. The number of hydrogen-bond acceptors (Lipinski definition) is 2. The van der Waals surface area contributed by atoms with Crippen LogP contribution in [0.5, 0.6) is 0 Å². The van der Waals surface area contributed by atoms with Crippen LogP contribution in [-0.4, -0.2) is 17.5 Å². The second-order valence-electron chi connectivity index (χ2n) is 1.04. The maximum absolute atomic E-state index is 8.35. The van der Waals surface area contributed by atoms with E-state index in [1.807, 2.05) is 0 Å². The molecule has 0 rings (SSSR count). The first-order valence-corrected chi connectivity index (χ1v) is 1.93. The monoisotopic (exact) mass is 87.1 g/mol. The summed E-state index contributed by atoms with van der Waals surface area (Å²) in [5, 5.41) is 8.35. The Morgan fingerprint density at radius 3 is 2.33 bits per heavy atom. The number of nitrogens with zero attached hydrogens (tertiary/aromatic N) is 1. The number of rotatable bonds is 1. The minimum absolute atomic E-state index is 0.532. The van der Waals surface area contributed by atoms with E-state index in [9.17, 15) is 0 Å². The molecule has 36 valence electrons. The minimum Gasteiger partial charge on any atom is -0.372 e. The van der Waals surface area contributed by atoms with Crippen LogP contribution in [0.1, 0.15) is 13.8 Å². The predicted molar refractivity (Wildman–Crippen MR) is 25.8 cm³/mol.